The summed E-state index contributed by atoms with van der Waals surface area (Å²) in [5, 5.41) is 6.61. The minimum absolute atomic E-state index is 0.603. The second-order valence-electron chi connectivity index (χ2n) is 5.93. The molecule has 0 aliphatic carbocycles. The Morgan fingerprint density at radius 2 is 1.75 bits per heavy atom. The minimum Gasteiger partial charge on any atom is -0.350 e. The number of hydrogen-bond acceptors (Lipinski definition) is 5. The standard InChI is InChI=1S/C19H21N5/c1-13-7-14(2)9-17(8-13)23-18-10-15(3)22-19(24-18)21-12-16-5-4-6-20-11-16/h4-11H,12H2,1-3H3,(H2,21,22,23,24). The van der Waals surface area contributed by atoms with Gasteiger partial charge in [0.1, 0.15) is 5.82 Å². The van der Waals surface area contributed by atoms with E-state index in [0.29, 0.717) is 12.5 Å². The Balaban J connectivity index is 1.76. The highest BCUT2D eigenvalue weighted by molar-refractivity contribution is 5.59. The van der Waals surface area contributed by atoms with Gasteiger partial charge < -0.3 is 10.6 Å². The van der Waals surface area contributed by atoms with Gasteiger partial charge in [0, 0.05) is 36.4 Å². The van der Waals surface area contributed by atoms with E-state index in [9.17, 15) is 0 Å². The van der Waals surface area contributed by atoms with Crippen LogP contribution in [0, 0.1) is 20.8 Å². The minimum atomic E-state index is 0.603. The molecule has 0 atom stereocenters. The second kappa shape index (κ2) is 7.08. The van der Waals surface area contributed by atoms with Crippen molar-refractivity contribution >= 4 is 17.5 Å². The lowest BCUT2D eigenvalue weighted by Crippen LogP contribution is -2.06. The molecule has 0 saturated heterocycles. The van der Waals surface area contributed by atoms with Crippen LogP contribution in [0.3, 0.4) is 0 Å². The van der Waals surface area contributed by atoms with Crippen molar-refractivity contribution in [2.24, 2.45) is 0 Å². The Hall–Kier alpha value is -2.95. The average Bonchev–Trinajstić information content (AvgIpc) is 2.52. The van der Waals surface area contributed by atoms with Crippen molar-refractivity contribution in [3.8, 4) is 0 Å². The molecule has 3 rings (SSSR count). The summed E-state index contributed by atoms with van der Waals surface area (Å²) in [6.07, 6.45) is 3.59. The number of anilines is 3. The van der Waals surface area contributed by atoms with E-state index in [4.69, 9.17) is 0 Å². The average molecular weight is 319 g/mol. The van der Waals surface area contributed by atoms with Crippen LogP contribution in [0.5, 0.6) is 0 Å². The highest BCUT2D eigenvalue weighted by Gasteiger charge is 2.04. The summed E-state index contributed by atoms with van der Waals surface area (Å²) >= 11 is 0. The van der Waals surface area contributed by atoms with Gasteiger partial charge in [0.2, 0.25) is 5.95 Å². The normalized spacial score (nSPS) is 10.5. The first kappa shape index (κ1) is 15.9. The van der Waals surface area contributed by atoms with E-state index in [1.165, 1.54) is 11.1 Å². The zero-order valence-electron chi connectivity index (χ0n) is 14.2. The first-order chi connectivity index (χ1) is 11.6. The molecule has 5 heteroatoms. The summed E-state index contributed by atoms with van der Waals surface area (Å²) < 4.78 is 0. The molecule has 0 saturated carbocycles. The quantitative estimate of drug-likeness (QED) is 0.739. The molecule has 5 nitrogen and oxygen atoms in total. The number of benzene rings is 1. The molecule has 0 amide bonds. The maximum absolute atomic E-state index is 4.55. The lowest BCUT2D eigenvalue weighted by atomic mass is 10.1. The van der Waals surface area contributed by atoms with E-state index in [1.807, 2.05) is 31.3 Å². The highest BCUT2D eigenvalue weighted by atomic mass is 15.1. The molecule has 0 spiro atoms. The summed E-state index contributed by atoms with van der Waals surface area (Å²) in [5.74, 6) is 1.38. The van der Waals surface area contributed by atoms with Crippen LogP contribution >= 0.6 is 0 Å². The van der Waals surface area contributed by atoms with Gasteiger partial charge in [0.05, 0.1) is 0 Å². The highest BCUT2D eigenvalue weighted by Crippen LogP contribution is 2.19. The molecule has 0 aliphatic rings. The number of hydrogen-bond donors (Lipinski definition) is 2. The van der Waals surface area contributed by atoms with E-state index in [2.05, 4.69) is 57.6 Å². The van der Waals surface area contributed by atoms with Gasteiger partial charge in [-0.15, -0.1) is 0 Å². The summed E-state index contributed by atoms with van der Waals surface area (Å²) in [5.41, 5.74) is 5.47. The van der Waals surface area contributed by atoms with E-state index < -0.39 is 0 Å². The molecule has 0 aliphatic heterocycles. The van der Waals surface area contributed by atoms with Crippen LogP contribution in [0.2, 0.25) is 0 Å². The molecule has 122 valence electrons. The van der Waals surface area contributed by atoms with Gasteiger partial charge in [-0.1, -0.05) is 12.1 Å². The van der Waals surface area contributed by atoms with Crippen molar-refractivity contribution in [2.45, 2.75) is 27.3 Å². The molecule has 1 aromatic carbocycles. The van der Waals surface area contributed by atoms with E-state index in [1.54, 1.807) is 6.20 Å². The maximum Gasteiger partial charge on any atom is 0.225 e. The maximum atomic E-state index is 4.55. The van der Waals surface area contributed by atoms with Crippen molar-refractivity contribution in [1.82, 2.24) is 15.0 Å². The van der Waals surface area contributed by atoms with Gasteiger partial charge in [-0.2, -0.15) is 4.98 Å². The van der Waals surface area contributed by atoms with Gasteiger partial charge in [-0.25, -0.2) is 4.98 Å². The summed E-state index contributed by atoms with van der Waals surface area (Å²) in [6, 6.07) is 12.2. The number of aromatic nitrogens is 3. The van der Waals surface area contributed by atoms with Crippen molar-refractivity contribution < 1.29 is 0 Å². The fourth-order valence-corrected chi connectivity index (χ4v) is 2.59. The molecule has 3 aromatic rings. The van der Waals surface area contributed by atoms with Gasteiger partial charge in [-0.05, 0) is 55.7 Å². The molecular weight excluding hydrogens is 298 g/mol. The number of nitrogens with one attached hydrogen (secondary N) is 2. The Morgan fingerprint density at radius 1 is 0.958 bits per heavy atom. The SMILES string of the molecule is Cc1cc(C)cc(Nc2cc(C)nc(NCc3cccnc3)n2)c1. The zero-order chi connectivity index (χ0) is 16.9. The summed E-state index contributed by atoms with van der Waals surface area (Å²) in [7, 11) is 0. The fourth-order valence-electron chi connectivity index (χ4n) is 2.59. The first-order valence-electron chi connectivity index (χ1n) is 7.92. The van der Waals surface area contributed by atoms with E-state index >= 15 is 0 Å². The third-order valence-electron chi connectivity index (χ3n) is 3.52. The molecule has 24 heavy (non-hydrogen) atoms. The zero-order valence-corrected chi connectivity index (χ0v) is 14.2. The van der Waals surface area contributed by atoms with E-state index in [0.717, 1.165) is 22.8 Å². The van der Waals surface area contributed by atoms with Crippen LogP contribution in [0.15, 0.2) is 48.8 Å². The van der Waals surface area contributed by atoms with Crippen molar-refractivity contribution in [3.63, 3.8) is 0 Å². The van der Waals surface area contributed by atoms with Gasteiger partial charge in [-0.3, -0.25) is 4.98 Å². The molecular formula is C19H21N5. The Bertz CT molecular complexity index is 810. The molecule has 0 unspecified atom stereocenters. The Morgan fingerprint density at radius 3 is 2.46 bits per heavy atom. The molecule has 0 fully saturated rings. The predicted molar refractivity (Wildman–Crippen MR) is 97.5 cm³/mol. The second-order valence-corrected chi connectivity index (χ2v) is 5.93. The molecule has 2 heterocycles. The monoisotopic (exact) mass is 319 g/mol. The van der Waals surface area contributed by atoms with Crippen LogP contribution in [0.1, 0.15) is 22.4 Å². The summed E-state index contributed by atoms with van der Waals surface area (Å²) in [4.78, 5) is 13.1. The predicted octanol–water partition coefficient (Wildman–Crippen LogP) is 4.15. The van der Waals surface area contributed by atoms with Gasteiger partial charge in [0.15, 0.2) is 0 Å². The number of nitrogens with zero attached hydrogens (tertiary/aromatic N) is 3. The van der Waals surface area contributed by atoms with Crippen LogP contribution in [0.4, 0.5) is 17.5 Å². The van der Waals surface area contributed by atoms with Crippen LogP contribution in [-0.2, 0) is 6.54 Å². The number of rotatable bonds is 5. The largest absolute Gasteiger partial charge is 0.350 e. The van der Waals surface area contributed by atoms with E-state index in [-0.39, 0.29) is 0 Å². The Kier molecular flexibility index (Phi) is 4.70. The van der Waals surface area contributed by atoms with Crippen LogP contribution in [-0.4, -0.2) is 15.0 Å². The molecule has 0 radical (unpaired) electrons. The van der Waals surface area contributed by atoms with Crippen LogP contribution in [0.25, 0.3) is 0 Å². The number of pyridine rings is 1. The van der Waals surface area contributed by atoms with Crippen molar-refractivity contribution in [1.29, 1.82) is 0 Å². The first-order valence-corrected chi connectivity index (χ1v) is 7.92. The van der Waals surface area contributed by atoms with Crippen LogP contribution < -0.4 is 10.6 Å². The number of aryl methyl sites for hydroxylation is 3. The smallest absolute Gasteiger partial charge is 0.225 e. The lowest BCUT2D eigenvalue weighted by Gasteiger charge is -2.11. The lowest BCUT2D eigenvalue weighted by molar-refractivity contribution is 1.02. The van der Waals surface area contributed by atoms with Crippen molar-refractivity contribution in [2.75, 3.05) is 10.6 Å². The Labute approximate surface area is 142 Å². The van der Waals surface area contributed by atoms with Gasteiger partial charge >= 0.3 is 0 Å². The molecule has 0 bridgehead atoms. The fraction of sp³-hybridized carbons (Fsp3) is 0.211. The topological polar surface area (TPSA) is 62.7 Å². The van der Waals surface area contributed by atoms with Crippen molar-refractivity contribution in [3.05, 3.63) is 71.2 Å². The third kappa shape index (κ3) is 4.29. The van der Waals surface area contributed by atoms with Gasteiger partial charge in [0.25, 0.3) is 0 Å². The molecule has 2 aromatic heterocycles. The molecule has 2 N–H and O–H groups in total. The summed E-state index contributed by atoms with van der Waals surface area (Å²) in [6.45, 7) is 6.78. The third-order valence-corrected chi connectivity index (χ3v) is 3.52.